The minimum atomic E-state index is -0.662. The molecule has 3 rings (SSSR count). The molecule has 0 fully saturated rings. The van der Waals surface area contributed by atoms with Crippen LogP contribution in [-0.4, -0.2) is 29.3 Å². The molecule has 0 radical (unpaired) electrons. The van der Waals surface area contributed by atoms with Gasteiger partial charge in [0.15, 0.2) is 0 Å². The molecule has 0 heterocycles. The van der Waals surface area contributed by atoms with Crippen molar-refractivity contribution < 1.29 is 9.59 Å². The number of hydrogen-bond acceptors (Lipinski definition) is 2. The molecule has 2 amide bonds. The monoisotopic (exact) mass is 482 g/mol. The lowest BCUT2D eigenvalue weighted by atomic mass is 10.0. The number of halogens is 2. The largest absolute Gasteiger partial charge is 0.354 e. The smallest absolute Gasteiger partial charge is 0.243 e. The molecule has 1 N–H and O–H groups in total. The summed E-state index contributed by atoms with van der Waals surface area (Å²) in [5.74, 6) is -0.326. The molecule has 3 aromatic rings. The zero-order valence-electron chi connectivity index (χ0n) is 18.6. The van der Waals surface area contributed by atoms with Crippen LogP contribution < -0.4 is 5.32 Å². The SMILES string of the molecule is CCCNC(=O)[C@@H](Cc1ccccc1)N(Cc1ccc(Cl)cc1)C(=O)Cc1ccccc1Cl. The van der Waals surface area contributed by atoms with E-state index in [1.807, 2.05) is 67.6 Å². The summed E-state index contributed by atoms with van der Waals surface area (Å²) in [6, 6.07) is 23.7. The lowest BCUT2D eigenvalue weighted by Crippen LogP contribution is -2.51. The third-order valence-corrected chi connectivity index (χ3v) is 6.01. The number of carbonyl (C=O) groups excluding carboxylic acids is 2. The second-order valence-corrected chi connectivity index (χ2v) is 8.76. The number of rotatable bonds is 10. The Morgan fingerprint density at radius 2 is 1.55 bits per heavy atom. The Morgan fingerprint density at radius 3 is 2.21 bits per heavy atom. The molecule has 172 valence electrons. The molecule has 4 nitrogen and oxygen atoms in total. The number of carbonyl (C=O) groups is 2. The van der Waals surface area contributed by atoms with Crippen LogP contribution in [0.1, 0.15) is 30.0 Å². The minimum absolute atomic E-state index is 0.111. The van der Waals surface area contributed by atoms with Crippen molar-refractivity contribution in [3.63, 3.8) is 0 Å². The Bertz CT molecular complexity index is 1060. The Morgan fingerprint density at radius 1 is 0.879 bits per heavy atom. The zero-order chi connectivity index (χ0) is 23.6. The number of benzene rings is 3. The van der Waals surface area contributed by atoms with E-state index >= 15 is 0 Å². The average Bonchev–Trinajstić information content (AvgIpc) is 2.83. The maximum atomic E-state index is 13.6. The van der Waals surface area contributed by atoms with Crippen LogP contribution in [0.15, 0.2) is 78.9 Å². The van der Waals surface area contributed by atoms with E-state index in [0.717, 1.165) is 23.1 Å². The minimum Gasteiger partial charge on any atom is -0.354 e. The predicted molar refractivity (Wildman–Crippen MR) is 134 cm³/mol. The number of hydrogen-bond donors (Lipinski definition) is 1. The standard InChI is InChI=1S/C27H28Cl2N2O2/c1-2-16-30-27(33)25(17-20-8-4-3-5-9-20)31(19-21-12-14-23(28)15-13-21)26(32)18-22-10-6-7-11-24(22)29/h3-15,25H,2,16-19H2,1H3,(H,30,33)/t25-/m1/s1. The van der Waals surface area contributed by atoms with Crippen LogP contribution in [0.4, 0.5) is 0 Å². The van der Waals surface area contributed by atoms with Gasteiger partial charge in [0.2, 0.25) is 11.8 Å². The first-order valence-corrected chi connectivity index (χ1v) is 11.8. The van der Waals surface area contributed by atoms with Crippen molar-refractivity contribution in [3.8, 4) is 0 Å². The van der Waals surface area contributed by atoms with Crippen LogP contribution in [0.5, 0.6) is 0 Å². The lowest BCUT2D eigenvalue weighted by molar-refractivity contribution is -0.140. The third-order valence-electron chi connectivity index (χ3n) is 5.39. The van der Waals surface area contributed by atoms with E-state index in [1.54, 1.807) is 23.1 Å². The molecule has 6 heteroatoms. The maximum Gasteiger partial charge on any atom is 0.243 e. The molecule has 0 aromatic heterocycles. The quantitative estimate of drug-likeness (QED) is 0.402. The molecule has 0 spiro atoms. The van der Waals surface area contributed by atoms with Gasteiger partial charge in [-0.3, -0.25) is 9.59 Å². The second kappa shape index (κ2) is 12.4. The van der Waals surface area contributed by atoms with Crippen molar-refractivity contribution in [2.75, 3.05) is 6.54 Å². The van der Waals surface area contributed by atoms with Gasteiger partial charge in [0.05, 0.1) is 6.42 Å². The fourth-order valence-electron chi connectivity index (χ4n) is 3.61. The Hall–Kier alpha value is -2.82. The summed E-state index contributed by atoms with van der Waals surface area (Å²) in [6.07, 6.45) is 1.34. The van der Waals surface area contributed by atoms with E-state index in [2.05, 4.69) is 5.32 Å². The summed E-state index contributed by atoms with van der Waals surface area (Å²) in [5.41, 5.74) is 2.62. The van der Waals surface area contributed by atoms with Crippen molar-refractivity contribution in [3.05, 3.63) is 106 Å². The van der Waals surface area contributed by atoms with E-state index in [1.165, 1.54) is 0 Å². The summed E-state index contributed by atoms with van der Waals surface area (Å²) >= 11 is 12.4. The normalized spacial score (nSPS) is 11.6. The maximum absolute atomic E-state index is 13.6. The average molecular weight is 483 g/mol. The molecule has 0 saturated carbocycles. The highest BCUT2D eigenvalue weighted by Crippen LogP contribution is 2.21. The molecular formula is C27H28Cl2N2O2. The highest BCUT2D eigenvalue weighted by molar-refractivity contribution is 6.31. The molecule has 0 unspecified atom stereocenters. The van der Waals surface area contributed by atoms with Gasteiger partial charge in [-0.2, -0.15) is 0 Å². The lowest BCUT2D eigenvalue weighted by Gasteiger charge is -2.32. The van der Waals surface area contributed by atoms with Crippen LogP contribution in [0, 0.1) is 0 Å². The van der Waals surface area contributed by atoms with Gasteiger partial charge in [-0.05, 0) is 41.3 Å². The predicted octanol–water partition coefficient (Wildman–Crippen LogP) is 5.70. The van der Waals surface area contributed by atoms with Crippen LogP contribution >= 0.6 is 23.2 Å². The molecule has 0 bridgehead atoms. The molecular weight excluding hydrogens is 455 g/mol. The first-order chi connectivity index (χ1) is 16.0. The highest BCUT2D eigenvalue weighted by atomic mass is 35.5. The van der Waals surface area contributed by atoms with Gasteiger partial charge in [-0.15, -0.1) is 0 Å². The molecule has 0 aliphatic heterocycles. The van der Waals surface area contributed by atoms with Crippen molar-refractivity contribution in [1.82, 2.24) is 10.2 Å². The summed E-state index contributed by atoms with van der Waals surface area (Å²) in [5, 5.41) is 4.13. The van der Waals surface area contributed by atoms with E-state index in [4.69, 9.17) is 23.2 Å². The molecule has 3 aromatic carbocycles. The molecule has 33 heavy (non-hydrogen) atoms. The fourth-order valence-corrected chi connectivity index (χ4v) is 3.94. The summed E-state index contributed by atoms with van der Waals surface area (Å²) < 4.78 is 0. The molecule has 0 aliphatic rings. The van der Waals surface area contributed by atoms with E-state index in [9.17, 15) is 9.59 Å². The first kappa shape index (κ1) is 24.8. The number of nitrogens with zero attached hydrogens (tertiary/aromatic N) is 1. The van der Waals surface area contributed by atoms with Crippen LogP contribution in [0.25, 0.3) is 0 Å². The summed E-state index contributed by atoms with van der Waals surface area (Å²) in [7, 11) is 0. The Kier molecular flexibility index (Phi) is 9.35. The molecule has 1 atom stereocenters. The second-order valence-electron chi connectivity index (χ2n) is 7.91. The number of nitrogens with one attached hydrogen (secondary N) is 1. The Balaban J connectivity index is 1.95. The van der Waals surface area contributed by atoms with E-state index in [-0.39, 0.29) is 24.8 Å². The fraction of sp³-hybridized carbons (Fsp3) is 0.259. The third kappa shape index (κ3) is 7.34. The van der Waals surface area contributed by atoms with Gasteiger partial charge in [0.25, 0.3) is 0 Å². The summed E-state index contributed by atoms with van der Waals surface area (Å²) in [6.45, 7) is 2.84. The van der Waals surface area contributed by atoms with Gasteiger partial charge < -0.3 is 10.2 Å². The molecule has 0 aliphatic carbocycles. The van der Waals surface area contributed by atoms with Crippen molar-refractivity contribution >= 4 is 35.0 Å². The summed E-state index contributed by atoms with van der Waals surface area (Å²) in [4.78, 5) is 28.5. The first-order valence-electron chi connectivity index (χ1n) is 11.1. The van der Waals surface area contributed by atoms with E-state index < -0.39 is 6.04 Å². The van der Waals surface area contributed by atoms with Gasteiger partial charge >= 0.3 is 0 Å². The van der Waals surface area contributed by atoms with Crippen molar-refractivity contribution in [2.24, 2.45) is 0 Å². The Labute approximate surface area is 205 Å². The topological polar surface area (TPSA) is 49.4 Å². The van der Waals surface area contributed by atoms with Crippen LogP contribution in [-0.2, 0) is 29.0 Å². The van der Waals surface area contributed by atoms with Gasteiger partial charge in [-0.1, -0.05) is 90.8 Å². The van der Waals surface area contributed by atoms with Crippen LogP contribution in [0.2, 0.25) is 10.0 Å². The molecule has 0 saturated heterocycles. The van der Waals surface area contributed by atoms with E-state index in [0.29, 0.717) is 23.0 Å². The van der Waals surface area contributed by atoms with Crippen LogP contribution in [0.3, 0.4) is 0 Å². The zero-order valence-corrected chi connectivity index (χ0v) is 20.1. The van der Waals surface area contributed by atoms with Gasteiger partial charge in [0.1, 0.15) is 6.04 Å². The number of amides is 2. The van der Waals surface area contributed by atoms with Crippen molar-refractivity contribution in [2.45, 2.75) is 38.8 Å². The van der Waals surface area contributed by atoms with Gasteiger partial charge in [0, 0.05) is 29.6 Å². The van der Waals surface area contributed by atoms with Gasteiger partial charge in [-0.25, -0.2) is 0 Å². The van der Waals surface area contributed by atoms with Crippen molar-refractivity contribution in [1.29, 1.82) is 0 Å². The highest BCUT2D eigenvalue weighted by Gasteiger charge is 2.30.